The maximum absolute atomic E-state index is 14.1. The summed E-state index contributed by atoms with van der Waals surface area (Å²) in [4.78, 5) is 0. The number of hydrogen-bond acceptors (Lipinski definition) is 5. The molecule has 3 aromatic rings. The molecule has 0 radical (unpaired) electrons. The third-order valence-electron chi connectivity index (χ3n) is 3.54. The molecule has 3 rings (SSSR count). The van der Waals surface area contributed by atoms with Crippen molar-refractivity contribution in [2.75, 3.05) is 0 Å². The van der Waals surface area contributed by atoms with Crippen molar-refractivity contribution in [1.82, 2.24) is 14.6 Å². The summed E-state index contributed by atoms with van der Waals surface area (Å²) in [7, 11) is 0. The molecule has 0 spiro atoms. The van der Waals surface area contributed by atoms with Gasteiger partial charge in [-0.15, -0.1) is 23.4 Å². The molecule has 2 heterocycles. The van der Waals surface area contributed by atoms with Gasteiger partial charge >= 0.3 is 12.3 Å². The van der Waals surface area contributed by atoms with Gasteiger partial charge in [0.1, 0.15) is 11.9 Å². The molecule has 0 aliphatic heterocycles. The minimum atomic E-state index is -4.80. The molecule has 0 aliphatic carbocycles. The Labute approximate surface area is 143 Å². The number of rotatable bonds is 4. The van der Waals surface area contributed by atoms with Crippen molar-refractivity contribution in [2.45, 2.75) is 18.5 Å². The van der Waals surface area contributed by atoms with E-state index in [2.05, 4.69) is 14.9 Å². The average molecular weight is 373 g/mol. The Morgan fingerprint density at radius 2 is 1.50 bits per heavy atom. The Hall–Kier alpha value is -2.79. The van der Waals surface area contributed by atoms with Crippen LogP contribution in [0.3, 0.4) is 0 Å². The van der Waals surface area contributed by atoms with E-state index >= 15 is 0 Å². The van der Waals surface area contributed by atoms with E-state index in [-0.39, 0.29) is 5.65 Å². The SMILES string of the molecule is NC(N)C(F)(F)c1nnc2ccc(-c3ccc(OC(F)(F)F)cc3)cn12. The van der Waals surface area contributed by atoms with Crippen LogP contribution in [0.1, 0.15) is 5.82 Å². The van der Waals surface area contributed by atoms with Gasteiger partial charge in [0.2, 0.25) is 5.82 Å². The van der Waals surface area contributed by atoms with Crippen LogP contribution in [-0.2, 0) is 5.92 Å². The zero-order valence-corrected chi connectivity index (χ0v) is 12.9. The molecular formula is C15H12F5N5O. The molecule has 0 saturated carbocycles. The number of nitrogens with two attached hydrogens (primary N) is 2. The van der Waals surface area contributed by atoms with Crippen LogP contribution >= 0.6 is 0 Å². The van der Waals surface area contributed by atoms with E-state index in [1.807, 2.05) is 0 Å². The Balaban J connectivity index is 1.99. The molecule has 6 nitrogen and oxygen atoms in total. The standard InChI is InChI=1S/C15H12F5N5O/c16-14(17,12(21)22)13-24-23-11-6-3-9(7-25(11)13)8-1-4-10(5-2-8)26-15(18,19)20/h1-7,12H,21-22H2. The smallest absolute Gasteiger partial charge is 0.406 e. The molecular weight excluding hydrogens is 361 g/mol. The van der Waals surface area contributed by atoms with Gasteiger partial charge in [0, 0.05) is 6.20 Å². The molecule has 0 unspecified atom stereocenters. The highest BCUT2D eigenvalue weighted by molar-refractivity contribution is 5.65. The molecule has 26 heavy (non-hydrogen) atoms. The second-order valence-electron chi connectivity index (χ2n) is 5.39. The van der Waals surface area contributed by atoms with Gasteiger partial charge < -0.3 is 16.2 Å². The fourth-order valence-electron chi connectivity index (χ4n) is 2.29. The van der Waals surface area contributed by atoms with Crippen LogP contribution in [0.2, 0.25) is 0 Å². The summed E-state index contributed by atoms with van der Waals surface area (Å²) in [6, 6.07) is 7.95. The van der Waals surface area contributed by atoms with Crippen molar-refractivity contribution in [1.29, 1.82) is 0 Å². The monoisotopic (exact) mass is 373 g/mol. The summed E-state index contributed by atoms with van der Waals surface area (Å²) >= 11 is 0. The number of alkyl halides is 5. The van der Waals surface area contributed by atoms with Crippen LogP contribution in [0, 0.1) is 0 Å². The van der Waals surface area contributed by atoms with Crippen LogP contribution in [0.25, 0.3) is 16.8 Å². The minimum absolute atomic E-state index is 0.140. The number of fused-ring (bicyclic) bond motifs is 1. The van der Waals surface area contributed by atoms with Gasteiger partial charge in [-0.05, 0) is 35.4 Å². The maximum atomic E-state index is 14.1. The van der Waals surface area contributed by atoms with Gasteiger partial charge in [0.25, 0.3) is 0 Å². The van der Waals surface area contributed by atoms with Gasteiger partial charge in [-0.25, -0.2) is 0 Å². The Morgan fingerprint density at radius 3 is 2.08 bits per heavy atom. The molecule has 11 heteroatoms. The largest absolute Gasteiger partial charge is 0.573 e. The lowest BCUT2D eigenvalue weighted by molar-refractivity contribution is -0.274. The van der Waals surface area contributed by atoms with Gasteiger partial charge in [0.05, 0.1) is 0 Å². The number of ether oxygens (including phenoxy) is 1. The van der Waals surface area contributed by atoms with E-state index < -0.39 is 30.0 Å². The highest BCUT2D eigenvalue weighted by atomic mass is 19.4. The van der Waals surface area contributed by atoms with E-state index in [4.69, 9.17) is 11.5 Å². The second kappa shape index (κ2) is 6.18. The van der Waals surface area contributed by atoms with Gasteiger partial charge in [0.15, 0.2) is 5.65 Å². The van der Waals surface area contributed by atoms with Crippen molar-refractivity contribution >= 4 is 5.65 Å². The molecule has 0 amide bonds. The molecule has 1 aromatic carbocycles. The third-order valence-corrected chi connectivity index (χ3v) is 3.54. The molecule has 0 atom stereocenters. The zero-order chi connectivity index (χ0) is 19.1. The van der Waals surface area contributed by atoms with Gasteiger partial charge in [-0.1, -0.05) is 12.1 Å². The summed E-state index contributed by atoms with van der Waals surface area (Å²) in [5, 5.41) is 7.07. The third kappa shape index (κ3) is 3.44. The minimum Gasteiger partial charge on any atom is -0.406 e. The summed E-state index contributed by atoms with van der Waals surface area (Å²) in [5.74, 6) is -4.75. The summed E-state index contributed by atoms with van der Waals surface area (Å²) in [6.07, 6.45) is -5.46. The summed E-state index contributed by atoms with van der Waals surface area (Å²) < 4.78 is 69.6. The van der Waals surface area contributed by atoms with Crippen LogP contribution in [-0.4, -0.2) is 27.1 Å². The lowest BCUT2D eigenvalue weighted by atomic mass is 10.1. The molecule has 2 aromatic heterocycles. The lowest BCUT2D eigenvalue weighted by Gasteiger charge is -2.18. The Kier molecular flexibility index (Phi) is 4.28. The van der Waals surface area contributed by atoms with Crippen molar-refractivity contribution in [2.24, 2.45) is 11.5 Å². The van der Waals surface area contributed by atoms with Crippen molar-refractivity contribution in [3.05, 3.63) is 48.4 Å². The first-order valence-electron chi connectivity index (χ1n) is 7.18. The van der Waals surface area contributed by atoms with Crippen molar-refractivity contribution in [3.63, 3.8) is 0 Å². The van der Waals surface area contributed by atoms with Crippen LogP contribution in [0.15, 0.2) is 42.6 Å². The average Bonchev–Trinajstić information content (AvgIpc) is 2.97. The van der Waals surface area contributed by atoms with E-state index in [9.17, 15) is 22.0 Å². The highest BCUT2D eigenvalue weighted by Crippen LogP contribution is 2.30. The maximum Gasteiger partial charge on any atom is 0.573 e. The molecule has 0 aliphatic rings. The topological polar surface area (TPSA) is 91.5 Å². The lowest BCUT2D eigenvalue weighted by Crippen LogP contribution is -2.47. The molecule has 0 fully saturated rings. The number of aromatic nitrogens is 3. The number of pyridine rings is 1. The van der Waals surface area contributed by atoms with E-state index in [1.54, 1.807) is 6.07 Å². The zero-order valence-electron chi connectivity index (χ0n) is 12.9. The first-order valence-corrected chi connectivity index (χ1v) is 7.18. The number of halogens is 5. The van der Waals surface area contributed by atoms with E-state index in [0.29, 0.717) is 11.1 Å². The quantitative estimate of drug-likeness (QED) is 0.542. The fraction of sp³-hybridized carbons (Fsp3) is 0.200. The number of nitrogens with zero attached hydrogens (tertiary/aromatic N) is 3. The van der Waals surface area contributed by atoms with Gasteiger partial charge in [-0.2, -0.15) is 8.78 Å². The van der Waals surface area contributed by atoms with Crippen molar-refractivity contribution in [3.8, 4) is 16.9 Å². The van der Waals surface area contributed by atoms with Crippen LogP contribution in [0.5, 0.6) is 5.75 Å². The second-order valence-corrected chi connectivity index (χ2v) is 5.39. The van der Waals surface area contributed by atoms with E-state index in [0.717, 1.165) is 16.5 Å². The summed E-state index contributed by atoms with van der Waals surface area (Å²) in [6.45, 7) is 0. The Bertz CT molecular complexity index is 920. The Morgan fingerprint density at radius 1 is 0.885 bits per heavy atom. The first-order chi connectivity index (χ1) is 12.1. The molecule has 0 saturated heterocycles. The molecule has 0 bridgehead atoms. The normalized spacial score (nSPS) is 12.8. The van der Waals surface area contributed by atoms with Crippen LogP contribution < -0.4 is 16.2 Å². The molecule has 138 valence electrons. The predicted octanol–water partition coefficient (Wildman–Crippen LogP) is 2.63. The van der Waals surface area contributed by atoms with Crippen LogP contribution in [0.4, 0.5) is 22.0 Å². The van der Waals surface area contributed by atoms with Gasteiger partial charge in [-0.3, -0.25) is 4.40 Å². The molecule has 4 N–H and O–H groups in total. The first kappa shape index (κ1) is 18.0. The fourth-order valence-corrected chi connectivity index (χ4v) is 2.29. The van der Waals surface area contributed by atoms with E-state index in [1.165, 1.54) is 24.4 Å². The van der Waals surface area contributed by atoms with Crippen molar-refractivity contribution < 1.29 is 26.7 Å². The number of hydrogen-bond donors (Lipinski definition) is 2. The predicted molar refractivity (Wildman–Crippen MR) is 81.2 cm³/mol. The highest BCUT2D eigenvalue weighted by Gasteiger charge is 2.42. The summed E-state index contributed by atoms with van der Waals surface area (Å²) in [5.41, 5.74) is 11.3. The number of benzene rings is 1.